The van der Waals surface area contributed by atoms with E-state index in [1.807, 2.05) is 0 Å². The molecule has 1 N–H and O–H groups in total. The Morgan fingerprint density at radius 1 is 1.36 bits per heavy atom. The number of aromatic nitrogens is 1. The second kappa shape index (κ2) is 3.33. The first-order valence-electron chi connectivity index (χ1n) is 4.98. The normalized spacial score (nSPS) is 21.9. The highest BCUT2D eigenvalue weighted by atomic mass is 32.1. The molecule has 2 aromatic heterocycles. The van der Waals surface area contributed by atoms with E-state index in [0.717, 1.165) is 18.6 Å². The molecule has 1 aliphatic heterocycles. The third-order valence-corrected chi connectivity index (χ3v) is 3.68. The Morgan fingerprint density at radius 2 is 2.36 bits per heavy atom. The Hall–Kier alpha value is -0.930. The standard InChI is InChI=1S/C11H12N2S/c1-2-11-10(4-6-14-11)13-9(1)8-3-5-12-7-8/h1-2,4,6,8,12H,3,5,7H2. The van der Waals surface area contributed by atoms with E-state index in [-0.39, 0.29) is 0 Å². The van der Waals surface area contributed by atoms with Crippen LogP contribution in [0.5, 0.6) is 0 Å². The van der Waals surface area contributed by atoms with Gasteiger partial charge >= 0.3 is 0 Å². The molecule has 0 aliphatic carbocycles. The van der Waals surface area contributed by atoms with Crippen LogP contribution in [-0.2, 0) is 0 Å². The van der Waals surface area contributed by atoms with Gasteiger partial charge in [0.1, 0.15) is 0 Å². The fourth-order valence-corrected chi connectivity index (χ4v) is 2.73. The van der Waals surface area contributed by atoms with E-state index < -0.39 is 0 Å². The first kappa shape index (κ1) is 8.38. The summed E-state index contributed by atoms with van der Waals surface area (Å²) in [5, 5.41) is 5.48. The number of pyridine rings is 1. The summed E-state index contributed by atoms with van der Waals surface area (Å²) in [5.74, 6) is 0.624. The first-order chi connectivity index (χ1) is 6.93. The van der Waals surface area contributed by atoms with Crippen LogP contribution in [0.1, 0.15) is 18.0 Å². The summed E-state index contributed by atoms with van der Waals surface area (Å²) in [7, 11) is 0. The molecule has 2 aromatic rings. The van der Waals surface area contributed by atoms with Gasteiger partial charge in [0.2, 0.25) is 0 Å². The lowest BCUT2D eigenvalue weighted by atomic mass is 10.0. The van der Waals surface area contributed by atoms with Gasteiger partial charge < -0.3 is 5.32 Å². The summed E-state index contributed by atoms with van der Waals surface area (Å²) < 4.78 is 1.29. The predicted molar refractivity (Wildman–Crippen MR) is 59.8 cm³/mol. The lowest BCUT2D eigenvalue weighted by molar-refractivity contribution is 0.739. The van der Waals surface area contributed by atoms with E-state index in [1.54, 1.807) is 11.3 Å². The van der Waals surface area contributed by atoms with Gasteiger partial charge in [0.15, 0.2) is 0 Å². The maximum absolute atomic E-state index is 4.69. The smallest absolute Gasteiger partial charge is 0.0813 e. The van der Waals surface area contributed by atoms with Crippen LogP contribution >= 0.6 is 11.3 Å². The monoisotopic (exact) mass is 204 g/mol. The van der Waals surface area contributed by atoms with E-state index in [9.17, 15) is 0 Å². The van der Waals surface area contributed by atoms with Crippen molar-refractivity contribution in [3.8, 4) is 0 Å². The summed E-state index contributed by atoms with van der Waals surface area (Å²) in [6, 6.07) is 6.48. The van der Waals surface area contributed by atoms with Crippen molar-refractivity contribution in [2.45, 2.75) is 12.3 Å². The average Bonchev–Trinajstić information content (AvgIpc) is 2.88. The van der Waals surface area contributed by atoms with Crippen LogP contribution in [0.2, 0.25) is 0 Å². The zero-order chi connectivity index (χ0) is 9.38. The van der Waals surface area contributed by atoms with E-state index in [2.05, 4.69) is 33.9 Å². The van der Waals surface area contributed by atoms with Gasteiger partial charge in [-0.1, -0.05) is 0 Å². The van der Waals surface area contributed by atoms with Crippen molar-refractivity contribution in [3.05, 3.63) is 29.3 Å². The third-order valence-electron chi connectivity index (χ3n) is 2.81. The van der Waals surface area contributed by atoms with Crippen molar-refractivity contribution in [2.75, 3.05) is 13.1 Å². The minimum atomic E-state index is 0.624. The highest BCUT2D eigenvalue weighted by molar-refractivity contribution is 7.17. The van der Waals surface area contributed by atoms with Crippen LogP contribution < -0.4 is 5.32 Å². The highest BCUT2D eigenvalue weighted by Crippen LogP contribution is 2.25. The van der Waals surface area contributed by atoms with Crippen molar-refractivity contribution in [1.29, 1.82) is 0 Å². The summed E-state index contributed by atoms with van der Waals surface area (Å²) >= 11 is 1.76. The summed E-state index contributed by atoms with van der Waals surface area (Å²) in [6.07, 6.45) is 1.22. The predicted octanol–water partition coefficient (Wildman–Crippen LogP) is 2.37. The molecule has 1 fully saturated rings. The van der Waals surface area contributed by atoms with Gasteiger partial charge in [0.05, 0.1) is 10.2 Å². The Bertz CT molecular complexity index is 443. The Kier molecular flexibility index (Phi) is 2.00. The molecule has 3 rings (SSSR count). The molecule has 1 atom stereocenters. The minimum absolute atomic E-state index is 0.624. The summed E-state index contributed by atoms with van der Waals surface area (Å²) in [5.41, 5.74) is 2.40. The van der Waals surface area contributed by atoms with Gasteiger partial charge in [-0.05, 0) is 36.5 Å². The van der Waals surface area contributed by atoms with E-state index in [0.29, 0.717) is 5.92 Å². The highest BCUT2D eigenvalue weighted by Gasteiger charge is 2.17. The Morgan fingerprint density at radius 3 is 3.21 bits per heavy atom. The first-order valence-corrected chi connectivity index (χ1v) is 5.86. The van der Waals surface area contributed by atoms with Crippen LogP contribution in [0.4, 0.5) is 0 Å². The van der Waals surface area contributed by atoms with Crippen molar-refractivity contribution >= 4 is 21.6 Å². The summed E-state index contributed by atoms with van der Waals surface area (Å²) in [4.78, 5) is 4.69. The lowest BCUT2D eigenvalue weighted by Gasteiger charge is -2.06. The fourth-order valence-electron chi connectivity index (χ4n) is 2.00. The molecular formula is C11H12N2S. The van der Waals surface area contributed by atoms with Gasteiger partial charge in [-0.3, -0.25) is 4.98 Å². The van der Waals surface area contributed by atoms with Crippen molar-refractivity contribution in [2.24, 2.45) is 0 Å². The van der Waals surface area contributed by atoms with E-state index >= 15 is 0 Å². The maximum Gasteiger partial charge on any atom is 0.0813 e. The number of nitrogens with zero attached hydrogens (tertiary/aromatic N) is 1. The van der Waals surface area contributed by atoms with E-state index in [1.165, 1.54) is 16.8 Å². The van der Waals surface area contributed by atoms with Crippen molar-refractivity contribution in [1.82, 2.24) is 10.3 Å². The lowest BCUT2D eigenvalue weighted by Crippen LogP contribution is -2.08. The van der Waals surface area contributed by atoms with Gasteiger partial charge in [-0.2, -0.15) is 0 Å². The number of hydrogen-bond acceptors (Lipinski definition) is 3. The zero-order valence-electron chi connectivity index (χ0n) is 7.86. The van der Waals surface area contributed by atoms with Gasteiger partial charge in [-0.15, -0.1) is 11.3 Å². The molecule has 1 aliphatic rings. The van der Waals surface area contributed by atoms with Gasteiger partial charge in [-0.25, -0.2) is 0 Å². The molecule has 0 aromatic carbocycles. The Balaban J connectivity index is 2.04. The molecule has 72 valence electrons. The molecular weight excluding hydrogens is 192 g/mol. The van der Waals surface area contributed by atoms with Gasteiger partial charge in [0, 0.05) is 18.2 Å². The molecule has 1 saturated heterocycles. The molecule has 0 bridgehead atoms. The molecule has 0 amide bonds. The molecule has 3 heteroatoms. The number of nitrogens with one attached hydrogen (secondary N) is 1. The number of fused-ring (bicyclic) bond motifs is 1. The maximum atomic E-state index is 4.69. The molecule has 1 unspecified atom stereocenters. The second-order valence-electron chi connectivity index (χ2n) is 3.73. The number of rotatable bonds is 1. The number of hydrogen-bond donors (Lipinski definition) is 1. The summed E-state index contributed by atoms with van der Waals surface area (Å²) in [6.45, 7) is 2.22. The van der Waals surface area contributed by atoms with Crippen LogP contribution in [0.25, 0.3) is 10.2 Å². The van der Waals surface area contributed by atoms with Crippen LogP contribution in [0.3, 0.4) is 0 Å². The topological polar surface area (TPSA) is 24.9 Å². The van der Waals surface area contributed by atoms with Gasteiger partial charge in [0.25, 0.3) is 0 Å². The molecule has 2 nitrogen and oxygen atoms in total. The largest absolute Gasteiger partial charge is 0.316 e. The zero-order valence-corrected chi connectivity index (χ0v) is 8.68. The quantitative estimate of drug-likeness (QED) is 0.771. The van der Waals surface area contributed by atoms with Crippen molar-refractivity contribution < 1.29 is 0 Å². The molecule has 0 radical (unpaired) electrons. The Labute approximate surface area is 87.0 Å². The SMILES string of the molecule is c1cc2nc(C3CCNC3)ccc2s1. The molecule has 0 spiro atoms. The minimum Gasteiger partial charge on any atom is -0.316 e. The van der Waals surface area contributed by atoms with Crippen LogP contribution in [0, 0.1) is 0 Å². The van der Waals surface area contributed by atoms with E-state index in [4.69, 9.17) is 0 Å². The van der Waals surface area contributed by atoms with Crippen molar-refractivity contribution in [3.63, 3.8) is 0 Å². The molecule has 3 heterocycles. The average molecular weight is 204 g/mol. The molecule has 0 saturated carbocycles. The number of thiophene rings is 1. The van der Waals surface area contributed by atoms with Crippen LogP contribution in [0.15, 0.2) is 23.6 Å². The van der Waals surface area contributed by atoms with Crippen LogP contribution in [-0.4, -0.2) is 18.1 Å². The molecule has 14 heavy (non-hydrogen) atoms. The third kappa shape index (κ3) is 1.33. The second-order valence-corrected chi connectivity index (χ2v) is 4.68. The fraction of sp³-hybridized carbons (Fsp3) is 0.364.